The fourth-order valence-electron chi connectivity index (χ4n) is 2.66. The van der Waals surface area contributed by atoms with Gasteiger partial charge in [0.05, 0.1) is 21.3 Å². The van der Waals surface area contributed by atoms with Gasteiger partial charge in [-0.3, -0.25) is 4.79 Å². The number of rotatable bonds is 4. The van der Waals surface area contributed by atoms with Crippen LogP contribution >= 0.6 is 0 Å². The van der Waals surface area contributed by atoms with E-state index >= 15 is 0 Å². The van der Waals surface area contributed by atoms with Crippen molar-refractivity contribution in [1.29, 1.82) is 0 Å². The van der Waals surface area contributed by atoms with Gasteiger partial charge in [-0.25, -0.2) is 0 Å². The van der Waals surface area contributed by atoms with Crippen molar-refractivity contribution < 1.29 is 19.0 Å². The third-order valence-corrected chi connectivity index (χ3v) is 3.80. The normalized spacial score (nSPS) is 15.3. The molecule has 5 heteroatoms. The summed E-state index contributed by atoms with van der Waals surface area (Å²) in [6.45, 7) is 1.63. The first-order valence-corrected chi connectivity index (χ1v) is 7.30. The van der Waals surface area contributed by atoms with Crippen LogP contribution in [-0.4, -0.2) is 45.2 Å². The van der Waals surface area contributed by atoms with Crippen LogP contribution in [0.3, 0.4) is 0 Å². The van der Waals surface area contributed by atoms with Gasteiger partial charge in [-0.15, -0.1) is 0 Å². The van der Waals surface area contributed by atoms with E-state index in [1.807, 2.05) is 4.90 Å². The Morgan fingerprint density at radius 3 is 1.86 bits per heavy atom. The van der Waals surface area contributed by atoms with Crippen LogP contribution in [0.25, 0.3) is 0 Å². The number of hydrogen-bond acceptors (Lipinski definition) is 4. The van der Waals surface area contributed by atoms with Gasteiger partial charge in [0.15, 0.2) is 11.5 Å². The quantitative estimate of drug-likeness (QED) is 0.856. The van der Waals surface area contributed by atoms with E-state index < -0.39 is 0 Å². The van der Waals surface area contributed by atoms with Crippen molar-refractivity contribution in [1.82, 2.24) is 4.90 Å². The number of methoxy groups -OCH3 is 3. The highest BCUT2D eigenvalue weighted by atomic mass is 16.5. The Balaban J connectivity index is 2.31. The smallest absolute Gasteiger partial charge is 0.254 e. The number of hydrogen-bond donors (Lipinski definition) is 0. The zero-order chi connectivity index (χ0) is 15.2. The zero-order valence-corrected chi connectivity index (χ0v) is 13.0. The molecular weight excluding hydrogens is 270 g/mol. The number of amides is 1. The van der Waals surface area contributed by atoms with Crippen LogP contribution in [-0.2, 0) is 0 Å². The number of carbonyl (C=O) groups is 1. The van der Waals surface area contributed by atoms with E-state index in [0.29, 0.717) is 22.8 Å². The van der Waals surface area contributed by atoms with E-state index in [9.17, 15) is 4.79 Å². The molecule has 21 heavy (non-hydrogen) atoms. The molecule has 0 bridgehead atoms. The van der Waals surface area contributed by atoms with Crippen LogP contribution in [0.4, 0.5) is 0 Å². The zero-order valence-electron chi connectivity index (χ0n) is 13.0. The standard InChI is InChI=1S/C16H23NO4/c1-19-13-10-12(11-14(20-2)15(13)21-3)16(18)17-8-6-4-5-7-9-17/h10-11H,4-9H2,1-3H3. The number of likely N-dealkylation sites (tertiary alicyclic amines) is 1. The molecule has 116 valence electrons. The molecule has 1 amide bonds. The highest BCUT2D eigenvalue weighted by Crippen LogP contribution is 2.38. The minimum Gasteiger partial charge on any atom is -0.493 e. The molecule has 5 nitrogen and oxygen atoms in total. The largest absolute Gasteiger partial charge is 0.493 e. The lowest BCUT2D eigenvalue weighted by atomic mass is 10.1. The van der Waals surface area contributed by atoms with Gasteiger partial charge in [-0.05, 0) is 25.0 Å². The van der Waals surface area contributed by atoms with Crippen LogP contribution < -0.4 is 14.2 Å². The molecule has 1 aliphatic heterocycles. The van der Waals surface area contributed by atoms with Crippen molar-refractivity contribution in [3.8, 4) is 17.2 Å². The van der Waals surface area contributed by atoms with Crippen LogP contribution in [0.1, 0.15) is 36.0 Å². The first-order chi connectivity index (χ1) is 10.2. The summed E-state index contributed by atoms with van der Waals surface area (Å²) < 4.78 is 15.9. The molecule has 0 aromatic heterocycles. The summed E-state index contributed by atoms with van der Waals surface area (Å²) in [4.78, 5) is 14.6. The Morgan fingerprint density at radius 2 is 1.43 bits per heavy atom. The highest BCUT2D eigenvalue weighted by Gasteiger charge is 2.21. The molecule has 0 aliphatic carbocycles. The van der Waals surface area contributed by atoms with E-state index in [4.69, 9.17) is 14.2 Å². The van der Waals surface area contributed by atoms with Crippen molar-refractivity contribution in [3.63, 3.8) is 0 Å². The maximum Gasteiger partial charge on any atom is 0.254 e. The van der Waals surface area contributed by atoms with Crippen molar-refractivity contribution in [2.75, 3.05) is 34.4 Å². The lowest BCUT2D eigenvalue weighted by Gasteiger charge is -2.21. The van der Waals surface area contributed by atoms with Gasteiger partial charge >= 0.3 is 0 Å². The summed E-state index contributed by atoms with van der Waals surface area (Å²) in [7, 11) is 4.66. The van der Waals surface area contributed by atoms with E-state index in [1.54, 1.807) is 33.5 Å². The Labute approximate surface area is 125 Å². The second-order valence-corrected chi connectivity index (χ2v) is 5.12. The van der Waals surface area contributed by atoms with Crippen LogP contribution in [0.15, 0.2) is 12.1 Å². The molecule has 0 unspecified atom stereocenters. The van der Waals surface area contributed by atoms with E-state index in [2.05, 4.69) is 0 Å². The lowest BCUT2D eigenvalue weighted by molar-refractivity contribution is 0.0761. The Bertz CT molecular complexity index is 468. The van der Waals surface area contributed by atoms with E-state index in [0.717, 1.165) is 25.9 Å². The second kappa shape index (κ2) is 7.20. The average Bonchev–Trinajstić information content (AvgIpc) is 2.81. The minimum atomic E-state index is 0.0242. The third kappa shape index (κ3) is 3.40. The second-order valence-electron chi connectivity index (χ2n) is 5.12. The maximum atomic E-state index is 12.7. The van der Waals surface area contributed by atoms with Gasteiger partial charge in [0, 0.05) is 18.7 Å². The Hall–Kier alpha value is -1.91. The summed E-state index contributed by atoms with van der Waals surface area (Å²) >= 11 is 0. The topological polar surface area (TPSA) is 48.0 Å². The minimum absolute atomic E-state index is 0.0242. The van der Waals surface area contributed by atoms with Gasteiger partial charge in [0.25, 0.3) is 5.91 Å². The summed E-state index contributed by atoms with van der Waals surface area (Å²) in [6, 6.07) is 3.43. The van der Waals surface area contributed by atoms with E-state index in [1.165, 1.54) is 12.8 Å². The van der Waals surface area contributed by atoms with Crippen molar-refractivity contribution in [2.24, 2.45) is 0 Å². The van der Waals surface area contributed by atoms with Crippen molar-refractivity contribution in [2.45, 2.75) is 25.7 Å². The summed E-state index contributed by atoms with van der Waals surface area (Å²) in [6.07, 6.45) is 4.52. The molecule has 0 N–H and O–H groups in total. The molecule has 1 saturated heterocycles. The fourth-order valence-corrected chi connectivity index (χ4v) is 2.66. The van der Waals surface area contributed by atoms with Gasteiger partial charge in [0.1, 0.15) is 0 Å². The third-order valence-electron chi connectivity index (χ3n) is 3.80. The molecule has 0 spiro atoms. The molecule has 0 atom stereocenters. The van der Waals surface area contributed by atoms with E-state index in [-0.39, 0.29) is 5.91 Å². The lowest BCUT2D eigenvalue weighted by Crippen LogP contribution is -2.31. The van der Waals surface area contributed by atoms with Gasteiger partial charge in [-0.1, -0.05) is 12.8 Å². The molecule has 1 heterocycles. The first kappa shape index (κ1) is 15.5. The molecule has 1 aliphatic rings. The summed E-state index contributed by atoms with van der Waals surface area (Å²) in [5.41, 5.74) is 0.575. The predicted octanol–water partition coefficient (Wildman–Crippen LogP) is 2.73. The van der Waals surface area contributed by atoms with Crippen molar-refractivity contribution >= 4 is 5.91 Å². The predicted molar refractivity (Wildman–Crippen MR) is 80.5 cm³/mol. The molecule has 1 aromatic carbocycles. The number of ether oxygens (including phenoxy) is 3. The fraction of sp³-hybridized carbons (Fsp3) is 0.562. The summed E-state index contributed by atoms with van der Waals surface area (Å²) in [5, 5.41) is 0. The Morgan fingerprint density at radius 1 is 0.905 bits per heavy atom. The van der Waals surface area contributed by atoms with Crippen LogP contribution in [0.5, 0.6) is 17.2 Å². The van der Waals surface area contributed by atoms with Crippen LogP contribution in [0.2, 0.25) is 0 Å². The Kier molecular flexibility index (Phi) is 5.31. The molecule has 2 rings (SSSR count). The highest BCUT2D eigenvalue weighted by molar-refractivity contribution is 5.95. The SMILES string of the molecule is COc1cc(C(=O)N2CCCCCC2)cc(OC)c1OC. The van der Waals surface area contributed by atoms with Crippen LogP contribution in [0, 0.1) is 0 Å². The average molecular weight is 293 g/mol. The van der Waals surface area contributed by atoms with Gasteiger partial charge < -0.3 is 19.1 Å². The van der Waals surface area contributed by atoms with Gasteiger partial charge in [0.2, 0.25) is 5.75 Å². The monoisotopic (exact) mass is 293 g/mol. The maximum absolute atomic E-state index is 12.7. The number of nitrogens with zero attached hydrogens (tertiary/aromatic N) is 1. The number of carbonyl (C=O) groups excluding carboxylic acids is 1. The van der Waals surface area contributed by atoms with Crippen molar-refractivity contribution in [3.05, 3.63) is 17.7 Å². The summed E-state index contributed by atoms with van der Waals surface area (Å²) in [5.74, 6) is 1.55. The molecule has 1 aromatic rings. The molecule has 0 radical (unpaired) electrons. The van der Waals surface area contributed by atoms with Gasteiger partial charge in [-0.2, -0.15) is 0 Å². The number of benzene rings is 1. The molecular formula is C16H23NO4. The first-order valence-electron chi connectivity index (χ1n) is 7.30. The molecule has 1 fully saturated rings. The molecule has 0 saturated carbocycles.